The zero-order valence-electron chi connectivity index (χ0n) is 17.0. The van der Waals surface area contributed by atoms with Crippen LogP contribution in [0.5, 0.6) is 5.75 Å². The van der Waals surface area contributed by atoms with Gasteiger partial charge in [0.25, 0.3) is 5.91 Å². The first-order valence-electron chi connectivity index (χ1n) is 9.77. The molecule has 3 atom stereocenters. The van der Waals surface area contributed by atoms with Crippen molar-refractivity contribution in [3.8, 4) is 5.75 Å². The number of carbonyl (C=O) groups excluding carboxylic acids is 2. The lowest BCUT2D eigenvalue weighted by Gasteiger charge is -2.33. The molecule has 1 heterocycles. The number of aliphatic hydroxyl groups is 1. The molecule has 156 valence electrons. The summed E-state index contributed by atoms with van der Waals surface area (Å²) < 4.78 is 6.89. The lowest BCUT2D eigenvalue weighted by Crippen LogP contribution is -2.49. The van der Waals surface area contributed by atoms with Crippen LogP contribution in [0.1, 0.15) is 40.9 Å². The molecule has 0 radical (unpaired) electrons. The van der Waals surface area contributed by atoms with E-state index in [1.54, 1.807) is 32.0 Å². The van der Waals surface area contributed by atoms with Gasteiger partial charge in [0.2, 0.25) is 5.91 Å². The van der Waals surface area contributed by atoms with Crippen LogP contribution in [0.15, 0.2) is 30.5 Å². The van der Waals surface area contributed by atoms with Crippen LogP contribution < -0.4 is 15.4 Å². The van der Waals surface area contributed by atoms with E-state index in [0.29, 0.717) is 37.1 Å². The molecule has 2 aromatic rings. The smallest absolute Gasteiger partial charge is 0.255 e. The van der Waals surface area contributed by atoms with Gasteiger partial charge < -0.3 is 20.5 Å². The van der Waals surface area contributed by atoms with Crippen LogP contribution >= 0.6 is 0 Å². The Morgan fingerprint density at radius 3 is 2.72 bits per heavy atom. The summed E-state index contributed by atoms with van der Waals surface area (Å²) in [6, 6.07) is 7.15. The topological polar surface area (TPSA) is 105 Å². The molecule has 1 aliphatic carbocycles. The number of hydrogen-bond acceptors (Lipinski definition) is 5. The maximum atomic E-state index is 12.6. The summed E-state index contributed by atoms with van der Waals surface area (Å²) in [5, 5.41) is 20.5. The summed E-state index contributed by atoms with van der Waals surface area (Å²) in [4.78, 5) is 25.0. The number of carbonyl (C=O) groups is 2. The lowest BCUT2D eigenvalue weighted by molar-refractivity contribution is -0.127. The Morgan fingerprint density at radius 2 is 2.07 bits per heavy atom. The summed E-state index contributed by atoms with van der Waals surface area (Å²) in [6.45, 7) is 2.14. The minimum Gasteiger partial charge on any atom is -0.496 e. The Morgan fingerprint density at radius 1 is 1.31 bits per heavy atom. The fourth-order valence-electron chi connectivity index (χ4n) is 3.80. The number of benzene rings is 1. The minimum atomic E-state index is -0.772. The number of amides is 2. The van der Waals surface area contributed by atoms with Crippen LogP contribution in [0.2, 0.25) is 0 Å². The Bertz CT molecular complexity index is 879. The summed E-state index contributed by atoms with van der Waals surface area (Å²) in [5.74, 6) is 0.0968. The first-order valence-corrected chi connectivity index (χ1v) is 9.77. The van der Waals surface area contributed by atoms with Crippen molar-refractivity contribution >= 4 is 11.8 Å². The molecule has 1 aromatic heterocycles. The van der Waals surface area contributed by atoms with Crippen LogP contribution in [0.3, 0.4) is 0 Å². The van der Waals surface area contributed by atoms with Gasteiger partial charge >= 0.3 is 0 Å². The van der Waals surface area contributed by atoms with Crippen molar-refractivity contribution in [3.63, 3.8) is 0 Å². The molecule has 3 N–H and O–H groups in total. The monoisotopic (exact) mass is 400 g/mol. The largest absolute Gasteiger partial charge is 0.496 e. The van der Waals surface area contributed by atoms with E-state index in [1.807, 2.05) is 24.3 Å². The average molecular weight is 400 g/mol. The van der Waals surface area contributed by atoms with Crippen molar-refractivity contribution in [2.24, 2.45) is 13.0 Å². The average Bonchev–Trinajstić information content (AvgIpc) is 3.05. The predicted molar refractivity (Wildman–Crippen MR) is 107 cm³/mol. The number of methoxy groups -OCH3 is 1. The molecule has 1 aromatic carbocycles. The summed E-state index contributed by atoms with van der Waals surface area (Å²) in [5.41, 5.74) is 2.04. The minimum absolute atomic E-state index is 0.0946. The van der Waals surface area contributed by atoms with Crippen molar-refractivity contribution in [1.29, 1.82) is 0 Å². The molecule has 0 saturated heterocycles. The predicted octanol–water partition coefficient (Wildman–Crippen LogP) is 1.31. The summed E-state index contributed by atoms with van der Waals surface area (Å²) >= 11 is 0. The van der Waals surface area contributed by atoms with E-state index in [1.165, 1.54) is 0 Å². The van der Waals surface area contributed by atoms with E-state index < -0.39 is 6.10 Å². The van der Waals surface area contributed by atoms with E-state index in [9.17, 15) is 14.7 Å². The van der Waals surface area contributed by atoms with Gasteiger partial charge in [-0.3, -0.25) is 14.3 Å². The number of nitrogens with one attached hydrogen (secondary N) is 2. The van der Waals surface area contributed by atoms with E-state index in [4.69, 9.17) is 4.74 Å². The molecule has 1 aliphatic rings. The third kappa shape index (κ3) is 4.95. The SMILES string of the molecule is COc1ccccc1CNC(=O)[C@H]1CC[C@@H](NC(=O)c2cn(C)nc2C)[C@H](O)C1. The maximum Gasteiger partial charge on any atom is 0.255 e. The molecular formula is C21H28N4O4. The van der Waals surface area contributed by atoms with E-state index in [2.05, 4.69) is 15.7 Å². The van der Waals surface area contributed by atoms with Crippen molar-refractivity contribution in [3.05, 3.63) is 47.3 Å². The van der Waals surface area contributed by atoms with Gasteiger partial charge in [-0.05, 0) is 32.3 Å². The Labute approximate surface area is 170 Å². The van der Waals surface area contributed by atoms with E-state index >= 15 is 0 Å². The highest BCUT2D eigenvalue weighted by Gasteiger charge is 2.34. The van der Waals surface area contributed by atoms with Crippen LogP contribution in [0.25, 0.3) is 0 Å². The second kappa shape index (κ2) is 9.09. The van der Waals surface area contributed by atoms with Gasteiger partial charge in [-0.2, -0.15) is 5.10 Å². The maximum absolute atomic E-state index is 12.6. The molecule has 8 heteroatoms. The molecule has 1 fully saturated rings. The van der Waals surface area contributed by atoms with Gasteiger partial charge in [0, 0.05) is 31.3 Å². The Hall–Kier alpha value is -2.87. The third-order valence-electron chi connectivity index (χ3n) is 5.41. The van der Waals surface area contributed by atoms with Gasteiger partial charge in [-0.25, -0.2) is 0 Å². The third-order valence-corrected chi connectivity index (χ3v) is 5.41. The van der Waals surface area contributed by atoms with Gasteiger partial charge in [-0.15, -0.1) is 0 Å². The highest BCUT2D eigenvalue weighted by atomic mass is 16.5. The fourth-order valence-corrected chi connectivity index (χ4v) is 3.80. The number of ether oxygens (including phenoxy) is 1. The Balaban J connectivity index is 1.52. The van der Waals surface area contributed by atoms with Gasteiger partial charge in [0.15, 0.2) is 0 Å². The summed E-state index contributed by atoms with van der Waals surface area (Å²) in [7, 11) is 3.35. The Kier molecular flexibility index (Phi) is 6.53. The zero-order chi connectivity index (χ0) is 21.0. The molecular weight excluding hydrogens is 372 g/mol. The summed E-state index contributed by atoms with van der Waals surface area (Å²) in [6.07, 6.45) is 2.35. The van der Waals surface area contributed by atoms with Crippen LogP contribution in [0, 0.1) is 12.8 Å². The first kappa shape index (κ1) is 20.9. The molecule has 0 unspecified atom stereocenters. The van der Waals surface area contributed by atoms with Gasteiger partial charge in [0.1, 0.15) is 5.75 Å². The standard InChI is InChI=1S/C21H28N4O4/c1-13-16(12-25(2)24-13)21(28)23-17-9-8-14(10-18(17)26)20(27)22-11-15-6-4-5-7-19(15)29-3/h4-7,12,14,17-18,26H,8-11H2,1-3H3,(H,22,27)(H,23,28)/t14-,17+,18+/m0/s1. The molecule has 0 spiro atoms. The number of aryl methyl sites for hydroxylation is 2. The van der Waals surface area contributed by atoms with Crippen LogP contribution in [0.4, 0.5) is 0 Å². The van der Waals surface area contributed by atoms with Gasteiger partial charge in [0.05, 0.1) is 30.5 Å². The quantitative estimate of drug-likeness (QED) is 0.678. The first-order chi connectivity index (χ1) is 13.9. The van der Waals surface area contributed by atoms with Crippen molar-refractivity contribution in [1.82, 2.24) is 20.4 Å². The second-order valence-electron chi connectivity index (χ2n) is 7.49. The lowest BCUT2D eigenvalue weighted by atomic mass is 9.83. The number of aromatic nitrogens is 2. The molecule has 2 amide bonds. The van der Waals surface area contributed by atoms with Crippen molar-refractivity contribution < 1.29 is 19.4 Å². The zero-order valence-corrected chi connectivity index (χ0v) is 17.0. The molecule has 1 saturated carbocycles. The number of hydrogen-bond donors (Lipinski definition) is 3. The van der Waals surface area contributed by atoms with E-state index in [-0.39, 0.29) is 23.8 Å². The normalized spacial score (nSPS) is 21.4. The van der Waals surface area contributed by atoms with Crippen molar-refractivity contribution in [2.45, 2.75) is 44.9 Å². The van der Waals surface area contributed by atoms with E-state index in [0.717, 1.165) is 11.3 Å². The fraction of sp³-hybridized carbons (Fsp3) is 0.476. The van der Waals surface area contributed by atoms with Crippen LogP contribution in [-0.4, -0.2) is 46.0 Å². The highest BCUT2D eigenvalue weighted by Crippen LogP contribution is 2.26. The molecule has 0 bridgehead atoms. The van der Waals surface area contributed by atoms with Gasteiger partial charge in [-0.1, -0.05) is 18.2 Å². The molecule has 8 nitrogen and oxygen atoms in total. The highest BCUT2D eigenvalue weighted by molar-refractivity contribution is 5.95. The number of rotatable bonds is 6. The molecule has 3 rings (SSSR count). The second-order valence-corrected chi connectivity index (χ2v) is 7.49. The number of nitrogens with zero attached hydrogens (tertiary/aromatic N) is 2. The molecule has 0 aliphatic heterocycles. The van der Waals surface area contributed by atoms with Crippen LogP contribution in [-0.2, 0) is 18.4 Å². The number of para-hydroxylation sites is 1. The van der Waals surface area contributed by atoms with Crippen molar-refractivity contribution in [2.75, 3.05) is 7.11 Å². The number of aliphatic hydroxyl groups excluding tert-OH is 1. The molecule has 29 heavy (non-hydrogen) atoms.